The van der Waals surface area contributed by atoms with Gasteiger partial charge in [0.25, 0.3) is 0 Å². The van der Waals surface area contributed by atoms with Gasteiger partial charge in [-0.25, -0.2) is 8.42 Å². The lowest BCUT2D eigenvalue weighted by molar-refractivity contribution is -0.129. The number of aryl methyl sites for hydroxylation is 1. The van der Waals surface area contributed by atoms with E-state index in [1.165, 1.54) is 0 Å². The first kappa shape index (κ1) is 16.6. The molecule has 1 aromatic carbocycles. The zero-order valence-corrected chi connectivity index (χ0v) is 14.3. The molecule has 2 aromatic rings. The van der Waals surface area contributed by atoms with Crippen LogP contribution in [0.4, 0.5) is 0 Å². The van der Waals surface area contributed by atoms with E-state index < -0.39 is 26.7 Å². The molecule has 0 saturated carbocycles. The number of carbonyl (C=O) groups excluding carboxylic acids is 1. The Morgan fingerprint density at radius 1 is 1.12 bits per heavy atom. The van der Waals surface area contributed by atoms with E-state index in [4.69, 9.17) is 4.42 Å². The summed E-state index contributed by atoms with van der Waals surface area (Å²) in [4.78, 5) is 13.7. The van der Waals surface area contributed by atoms with Crippen LogP contribution in [0.25, 0.3) is 11.5 Å². The zero-order chi connectivity index (χ0) is 17.2. The zero-order valence-electron chi connectivity index (χ0n) is 13.4. The molecule has 7 nitrogen and oxygen atoms in total. The molecule has 1 amide bonds. The van der Waals surface area contributed by atoms with Crippen LogP contribution >= 0.6 is 0 Å². The molecule has 1 aliphatic rings. The third-order valence-corrected chi connectivity index (χ3v) is 5.32. The summed E-state index contributed by atoms with van der Waals surface area (Å²) in [6.45, 7) is 3.15. The molecule has 0 N–H and O–H groups in total. The number of piperidine rings is 1. The number of carbonyl (C=O) groups is 1. The predicted octanol–water partition coefficient (Wildman–Crippen LogP) is 1.83. The average Bonchev–Trinajstić information content (AvgIpc) is 3.07. The Bertz CT molecular complexity index is 821. The van der Waals surface area contributed by atoms with Gasteiger partial charge in [-0.3, -0.25) is 4.79 Å². The Balaban J connectivity index is 1.75. The van der Waals surface area contributed by atoms with Crippen LogP contribution in [0.15, 0.2) is 33.9 Å². The highest BCUT2D eigenvalue weighted by Crippen LogP contribution is 2.21. The van der Waals surface area contributed by atoms with Gasteiger partial charge in [0.15, 0.2) is 0 Å². The van der Waals surface area contributed by atoms with Crippen LogP contribution in [0.2, 0.25) is 0 Å². The molecule has 0 aliphatic carbocycles. The summed E-state index contributed by atoms with van der Waals surface area (Å²) in [5.41, 5.74) is 1.70. The van der Waals surface area contributed by atoms with Gasteiger partial charge in [0.05, 0.1) is 0 Å². The molecule has 8 heteroatoms. The normalized spacial score (nSPS) is 15.5. The molecule has 1 saturated heterocycles. The molecule has 0 radical (unpaired) electrons. The van der Waals surface area contributed by atoms with Crippen molar-refractivity contribution in [1.82, 2.24) is 15.1 Å². The van der Waals surface area contributed by atoms with Gasteiger partial charge in [-0.15, -0.1) is 5.10 Å². The smallest absolute Gasteiger partial charge is 0.336 e. The molecule has 1 aromatic heterocycles. The fourth-order valence-electron chi connectivity index (χ4n) is 2.61. The number of likely N-dealkylation sites (tertiary alicyclic amines) is 1. The number of hydrogen-bond donors (Lipinski definition) is 0. The summed E-state index contributed by atoms with van der Waals surface area (Å²) in [5.74, 6) is -0.925. The average molecular weight is 349 g/mol. The summed E-state index contributed by atoms with van der Waals surface area (Å²) < 4.78 is 30.0. The van der Waals surface area contributed by atoms with Crippen molar-refractivity contribution in [2.24, 2.45) is 0 Å². The number of benzene rings is 1. The summed E-state index contributed by atoms with van der Waals surface area (Å²) >= 11 is 0. The maximum Gasteiger partial charge on any atom is 0.336 e. The van der Waals surface area contributed by atoms with Crippen molar-refractivity contribution < 1.29 is 17.6 Å². The van der Waals surface area contributed by atoms with Crippen molar-refractivity contribution >= 4 is 15.7 Å². The maximum absolute atomic E-state index is 12.3. The van der Waals surface area contributed by atoms with E-state index in [-0.39, 0.29) is 5.89 Å². The van der Waals surface area contributed by atoms with Gasteiger partial charge in [-0.2, -0.15) is 0 Å². The minimum Gasteiger partial charge on any atom is -0.408 e. The predicted molar refractivity (Wildman–Crippen MR) is 87.0 cm³/mol. The first-order valence-electron chi connectivity index (χ1n) is 7.87. The number of rotatable bonds is 4. The largest absolute Gasteiger partial charge is 0.408 e. The van der Waals surface area contributed by atoms with Crippen LogP contribution in [-0.2, 0) is 14.6 Å². The lowest BCUT2D eigenvalue weighted by Crippen LogP contribution is -2.39. The summed E-state index contributed by atoms with van der Waals surface area (Å²) in [7, 11) is -3.94. The monoisotopic (exact) mass is 349 g/mol. The summed E-state index contributed by atoms with van der Waals surface area (Å²) in [5, 5.41) is 6.88. The lowest BCUT2D eigenvalue weighted by Gasteiger charge is -2.26. The highest BCUT2D eigenvalue weighted by Gasteiger charge is 2.29. The van der Waals surface area contributed by atoms with E-state index >= 15 is 0 Å². The van der Waals surface area contributed by atoms with Crippen LogP contribution in [0, 0.1) is 6.92 Å². The van der Waals surface area contributed by atoms with E-state index in [2.05, 4.69) is 10.2 Å². The van der Waals surface area contributed by atoms with E-state index in [9.17, 15) is 13.2 Å². The van der Waals surface area contributed by atoms with Crippen LogP contribution in [0.1, 0.15) is 24.8 Å². The van der Waals surface area contributed by atoms with Gasteiger partial charge in [-0.1, -0.05) is 22.8 Å². The molecule has 128 valence electrons. The molecule has 1 fully saturated rings. The SMILES string of the molecule is Cc1ccc(-c2nnc(S(=O)(=O)CC(=O)N3CCCCC3)o2)cc1. The van der Waals surface area contributed by atoms with Crippen molar-refractivity contribution in [3.8, 4) is 11.5 Å². The molecule has 24 heavy (non-hydrogen) atoms. The van der Waals surface area contributed by atoms with Gasteiger partial charge in [-0.05, 0) is 38.3 Å². The maximum atomic E-state index is 12.3. The Hall–Kier alpha value is -2.22. The van der Waals surface area contributed by atoms with Crippen LogP contribution < -0.4 is 0 Å². The van der Waals surface area contributed by atoms with Crippen LogP contribution in [-0.4, -0.2) is 48.3 Å². The van der Waals surface area contributed by atoms with Crippen molar-refractivity contribution in [3.05, 3.63) is 29.8 Å². The number of aromatic nitrogens is 2. The molecule has 1 aliphatic heterocycles. The molecule has 3 rings (SSSR count). The molecular weight excluding hydrogens is 330 g/mol. The molecule has 0 spiro atoms. The van der Waals surface area contributed by atoms with E-state index in [0.717, 1.165) is 24.8 Å². The number of nitrogens with zero attached hydrogens (tertiary/aromatic N) is 3. The second-order valence-corrected chi connectivity index (χ2v) is 7.81. The number of amides is 1. The second kappa shape index (κ2) is 6.72. The van der Waals surface area contributed by atoms with Crippen LogP contribution in [0.3, 0.4) is 0 Å². The Morgan fingerprint density at radius 2 is 1.79 bits per heavy atom. The molecule has 2 heterocycles. The first-order chi connectivity index (χ1) is 11.5. The molecule has 0 bridgehead atoms. The highest BCUT2D eigenvalue weighted by molar-refractivity contribution is 7.91. The number of sulfone groups is 1. The standard InChI is InChI=1S/C16H19N3O4S/c1-12-5-7-13(8-6-12)15-17-18-16(23-15)24(21,22)11-14(20)19-9-3-2-4-10-19/h5-8H,2-4,9-11H2,1H3. The molecule has 0 unspecified atom stereocenters. The topological polar surface area (TPSA) is 93.4 Å². The third-order valence-electron chi connectivity index (χ3n) is 3.99. The summed E-state index contributed by atoms with van der Waals surface area (Å²) in [6, 6.07) is 7.29. The molecule has 0 atom stereocenters. The van der Waals surface area contributed by atoms with Gasteiger partial charge in [0.2, 0.25) is 21.6 Å². The van der Waals surface area contributed by atoms with Crippen LogP contribution in [0.5, 0.6) is 0 Å². The third kappa shape index (κ3) is 3.64. The highest BCUT2D eigenvalue weighted by atomic mass is 32.2. The van der Waals surface area contributed by atoms with Gasteiger partial charge < -0.3 is 9.32 Å². The minimum atomic E-state index is -3.94. The van der Waals surface area contributed by atoms with E-state index in [1.54, 1.807) is 17.0 Å². The van der Waals surface area contributed by atoms with Crippen molar-refractivity contribution in [1.29, 1.82) is 0 Å². The van der Waals surface area contributed by atoms with Gasteiger partial charge in [0, 0.05) is 18.7 Å². The number of hydrogen-bond acceptors (Lipinski definition) is 6. The van der Waals surface area contributed by atoms with Gasteiger partial charge >= 0.3 is 5.22 Å². The fourth-order valence-corrected chi connectivity index (χ4v) is 3.61. The summed E-state index contributed by atoms with van der Waals surface area (Å²) in [6.07, 6.45) is 2.88. The minimum absolute atomic E-state index is 0.124. The Labute approximate surface area is 140 Å². The second-order valence-electron chi connectivity index (χ2n) is 5.94. The van der Waals surface area contributed by atoms with E-state index in [0.29, 0.717) is 18.7 Å². The first-order valence-corrected chi connectivity index (χ1v) is 9.52. The Morgan fingerprint density at radius 3 is 2.46 bits per heavy atom. The van der Waals surface area contributed by atoms with Crippen molar-refractivity contribution in [2.75, 3.05) is 18.8 Å². The van der Waals surface area contributed by atoms with Crippen molar-refractivity contribution in [3.63, 3.8) is 0 Å². The molecular formula is C16H19N3O4S. The quantitative estimate of drug-likeness (QED) is 0.836. The van der Waals surface area contributed by atoms with Crippen molar-refractivity contribution in [2.45, 2.75) is 31.4 Å². The Kier molecular flexibility index (Phi) is 4.66. The fraction of sp³-hybridized carbons (Fsp3) is 0.438. The van der Waals surface area contributed by atoms with E-state index in [1.807, 2.05) is 19.1 Å². The lowest BCUT2D eigenvalue weighted by atomic mass is 10.1. The van der Waals surface area contributed by atoms with Gasteiger partial charge in [0.1, 0.15) is 5.75 Å².